The first-order valence-electron chi connectivity index (χ1n) is 10.4. The van der Waals surface area contributed by atoms with Gasteiger partial charge in [0.15, 0.2) is 0 Å². The number of benzene rings is 2. The van der Waals surface area contributed by atoms with Gasteiger partial charge in [-0.2, -0.15) is 0 Å². The van der Waals surface area contributed by atoms with Crippen LogP contribution in [-0.2, 0) is 4.74 Å². The van der Waals surface area contributed by atoms with Gasteiger partial charge in [-0.15, -0.1) is 0 Å². The van der Waals surface area contributed by atoms with E-state index in [0.717, 1.165) is 0 Å². The summed E-state index contributed by atoms with van der Waals surface area (Å²) in [6.07, 6.45) is -0.427. The first-order valence-corrected chi connectivity index (χ1v) is 10.4. The van der Waals surface area contributed by atoms with Crippen molar-refractivity contribution >= 4 is 34.5 Å². The number of fused-ring (bicyclic) bond motifs is 2. The van der Waals surface area contributed by atoms with Crippen molar-refractivity contribution in [3.8, 4) is 23.1 Å². The van der Waals surface area contributed by atoms with Crippen molar-refractivity contribution in [3.05, 3.63) is 53.1 Å². The number of amides is 2. The Hall–Kier alpha value is -4.09. The lowest BCUT2D eigenvalue weighted by Gasteiger charge is -2.21. The number of imide groups is 1. The Kier molecular flexibility index (Phi) is 5.44. The molecule has 0 spiro atoms. The molecule has 0 radical (unpaired) electrons. The lowest BCUT2D eigenvalue weighted by molar-refractivity contribution is 0.0546. The molecule has 0 bridgehead atoms. The number of aliphatic hydroxyl groups excluding tert-OH is 1. The monoisotopic (exact) mass is 445 g/mol. The topological polar surface area (TPSA) is 124 Å². The fourth-order valence-electron chi connectivity index (χ4n) is 3.85. The highest BCUT2D eigenvalue weighted by Crippen LogP contribution is 2.39. The van der Waals surface area contributed by atoms with Gasteiger partial charge in [0.25, 0.3) is 11.8 Å². The molecule has 4 rings (SSSR count). The van der Waals surface area contributed by atoms with E-state index in [1.165, 1.54) is 10.6 Å². The highest BCUT2D eigenvalue weighted by atomic mass is 16.6. The molecular weight excluding hydrogens is 422 g/mol. The normalized spacial score (nSPS) is 12.8. The molecule has 0 fully saturated rings. The molecule has 1 aliphatic heterocycles. The molecular formula is C25H23N3O5. The molecule has 8 nitrogen and oxygen atoms in total. The molecule has 2 heterocycles. The van der Waals surface area contributed by atoms with Crippen LogP contribution in [0.25, 0.3) is 22.2 Å². The predicted molar refractivity (Wildman–Crippen MR) is 124 cm³/mol. The second-order valence-electron chi connectivity index (χ2n) is 8.57. The maximum absolute atomic E-state index is 13.4. The first-order chi connectivity index (χ1) is 15.6. The molecule has 1 aromatic heterocycles. The van der Waals surface area contributed by atoms with Gasteiger partial charge < -0.3 is 15.6 Å². The summed E-state index contributed by atoms with van der Waals surface area (Å²) in [4.78, 5) is 38.5. The van der Waals surface area contributed by atoms with Gasteiger partial charge in [0.1, 0.15) is 5.60 Å². The van der Waals surface area contributed by atoms with Crippen molar-refractivity contribution in [2.75, 3.05) is 12.3 Å². The Morgan fingerprint density at radius 3 is 2.52 bits per heavy atom. The van der Waals surface area contributed by atoms with Crippen molar-refractivity contribution < 1.29 is 24.2 Å². The minimum atomic E-state index is -0.779. The number of nitrogen functional groups attached to an aromatic ring is 1. The van der Waals surface area contributed by atoms with Crippen LogP contribution in [0, 0.1) is 11.8 Å². The third kappa shape index (κ3) is 3.83. The fraction of sp³-hybridized carbons (Fsp3) is 0.240. The maximum Gasteiger partial charge on any atom is 0.419 e. The van der Waals surface area contributed by atoms with Crippen molar-refractivity contribution in [2.24, 2.45) is 0 Å². The molecule has 0 saturated heterocycles. The highest BCUT2D eigenvalue weighted by molar-refractivity contribution is 6.26. The maximum atomic E-state index is 13.4. The van der Waals surface area contributed by atoms with Crippen LogP contribution in [0.4, 0.5) is 10.5 Å². The minimum Gasteiger partial charge on any atom is -0.443 e. The third-order valence-corrected chi connectivity index (χ3v) is 5.07. The van der Waals surface area contributed by atoms with E-state index in [-0.39, 0.29) is 29.8 Å². The quantitative estimate of drug-likeness (QED) is 0.316. The van der Waals surface area contributed by atoms with Gasteiger partial charge in [0.2, 0.25) is 0 Å². The van der Waals surface area contributed by atoms with Gasteiger partial charge >= 0.3 is 6.09 Å². The molecule has 0 unspecified atom stereocenters. The van der Waals surface area contributed by atoms with Gasteiger partial charge in [-0.3, -0.25) is 14.9 Å². The summed E-state index contributed by atoms with van der Waals surface area (Å²) in [6.45, 7) is 5.14. The van der Waals surface area contributed by atoms with Crippen LogP contribution in [-0.4, -0.2) is 39.8 Å². The van der Waals surface area contributed by atoms with Crippen LogP contribution in [0.15, 0.2) is 36.4 Å². The van der Waals surface area contributed by atoms with Crippen LogP contribution in [0.5, 0.6) is 0 Å². The number of para-hydroxylation sites is 1. The number of hydrogen-bond acceptors (Lipinski definition) is 6. The number of rotatable bonds is 2. The van der Waals surface area contributed by atoms with Crippen LogP contribution in [0.3, 0.4) is 0 Å². The van der Waals surface area contributed by atoms with Gasteiger partial charge in [0, 0.05) is 23.1 Å². The van der Waals surface area contributed by atoms with Crippen LogP contribution in [0.2, 0.25) is 0 Å². The molecule has 3 aromatic rings. The van der Waals surface area contributed by atoms with Crippen molar-refractivity contribution in [3.63, 3.8) is 0 Å². The molecule has 8 heteroatoms. The number of nitrogens with zero attached hydrogens (tertiary/aromatic N) is 1. The molecule has 2 amide bonds. The van der Waals surface area contributed by atoms with Gasteiger partial charge in [-0.05, 0) is 39.0 Å². The lowest BCUT2D eigenvalue weighted by atomic mass is 9.96. The summed E-state index contributed by atoms with van der Waals surface area (Å²) in [7, 11) is 0. The van der Waals surface area contributed by atoms with E-state index in [2.05, 4.69) is 17.2 Å². The Morgan fingerprint density at radius 1 is 1.12 bits per heavy atom. The van der Waals surface area contributed by atoms with Gasteiger partial charge in [-0.25, -0.2) is 9.36 Å². The Morgan fingerprint density at radius 2 is 1.82 bits per heavy atom. The largest absolute Gasteiger partial charge is 0.443 e. The number of carbonyl (C=O) groups is 3. The summed E-state index contributed by atoms with van der Waals surface area (Å²) in [5, 5.41) is 12.1. The first kappa shape index (κ1) is 22.1. The molecule has 1 aliphatic rings. The Balaban J connectivity index is 2.13. The number of ether oxygens (including phenoxy) is 1. The Labute approximate surface area is 190 Å². The standard InChI is InChI=1S/C25H23N3O5/c1-25(2,3)33-24(32)28-18-10-5-4-8-14(18)15(9-6-7-13-29)21(28)16-11-12-17(26)20-19(16)22(30)27-23(20)31/h4-5,8,10-12,29H,7,13,26H2,1-3H3,(H,27,30,31). The lowest BCUT2D eigenvalue weighted by Crippen LogP contribution is -2.27. The number of aliphatic hydroxyl groups is 1. The molecule has 0 aliphatic carbocycles. The zero-order chi connectivity index (χ0) is 23.9. The minimum absolute atomic E-state index is 0.0627. The van der Waals surface area contributed by atoms with Crippen molar-refractivity contribution in [2.45, 2.75) is 32.8 Å². The number of anilines is 1. The second-order valence-corrected chi connectivity index (χ2v) is 8.57. The van der Waals surface area contributed by atoms with E-state index in [0.29, 0.717) is 27.7 Å². The Bertz CT molecular complexity index is 1380. The molecule has 4 N–H and O–H groups in total. The van der Waals surface area contributed by atoms with Crippen LogP contribution < -0.4 is 11.1 Å². The smallest absolute Gasteiger partial charge is 0.419 e. The molecule has 2 aromatic carbocycles. The SMILES string of the molecule is CC(C)(C)OC(=O)n1c(-c2ccc(N)c3c2C(=O)NC3=O)c(C#CCCO)c2ccccc21. The zero-order valence-corrected chi connectivity index (χ0v) is 18.5. The van der Waals surface area contributed by atoms with Crippen LogP contribution in [0.1, 0.15) is 53.5 Å². The van der Waals surface area contributed by atoms with E-state index in [4.69, 9.17) is 10.5 Å². The second kappa shape index (κ2) is 8.11. The summed E-state index contributed by atoms with van der Waals surface area (Å²) in [5.41, 5.74) is 7.18. The molecule has 33 heavy (non-hydrogen) atoms. The number of carbonyl (C=O) groups excluding carboxylic acids is 3. The van der Waals surface area contributed by atoms with E-state index in [9.17, 15) is 19.5 Å². The van der Waals surface area contributed by atoms with Crippen molar-refractivity contribution in [1.82, 2.24) is 9.88 Å². The number of aromatic nitrogens is 1. The van der Waals surface area contributed by atoms with Gasteiger partial charge in [0.05, 0.1) is 34.5 Å². The summed E-state index contributed by atoms with van der Waals surface area (Å²) >= 11 is 0. The zero-order valence-electron chi connectivity index (χ0n) is 18.5. The van der Waals surface area contributed by atoms with Gasteiger partial charge in [-0.1, -0.05) is 30.0 Å². The van der Waals surface area contributed by atoms with E-state index >= 15 is 0 Å². The number of nitrogens with two attached hydrogens (primary N) is 1. The molecule has 168 valence electrons. The predicted octanol–water partition coefficient (Wildman–Crippen LogP) is 3.29. The van der Waals surface area contributed by atoms with E-state index in [1.807, 2.05) is 12.1 Å². The van der Waals surface area contributed by atoms with Crippen LogP contribution >= 0.6 is 0 Å². The average Bonchev–Trinajstić information content (AvgIpc) is 3.22. The van der Waals surface area contributed by atoms with E-state index < -0.39 is 23.5 Å². The van der Waals surface area contributed by atoms with Crippen molar-refractivity contribution in [1.29, 1.82) is 0 Å². The summed E-state index contributed by atoms with van der Waals surface area (Å²) < 4.78 is 7.03. The molecule has 0 atom stereocenters. The van der Waals surface area contributed by atoms with E-state index in [1.54, 1.807) is 39.0 Å². The number of nitrogens with one attached hydrogen (secondary N) is 1. The molecule has 0 saturated carbocycles. The average molecular weight is 445 g/mol. The highest BCUT2D eigenvalue weighted by Gasteiger charge is 2.35. The third-order valence-electron chi connectivity index (χ3n) is 5.07. The summed E-state index contributed by atoms with van der Waals surface area (Å²) in [5.74, 6) is 4.74. The summed E-state index contributed by atoms with van der Waals surface area (Å²) in [6, 6.07) is 10.3. The fourth-order valence-corrected chi connectivity index (χ4v) is 3.85. The number of hydrogen-bond donors (Lipinski definition) is 3.